The van der Waals surface area contributed by atoms with Crippen molar-refractivity contribution in [2.24, 2.45) is 16.1 Å². The van der Waals surface area contributed by atoms with Crippen LogP contribution in [0.1, 0.15) is 61.8 Å². The standard InChI is InChI=1S/C23H24F3N3O2S.C3H8/c1-14(30)19(27)17-12-29(21(31)18-5-4-10-32-18)13-22(2,3)20(17)28-11-15-6-8-16(9-7-15)23(24,25)26;1-3-2/h4-10H,11-13,27H2,1-3H3;3H2,1-2H3/b19-17-,28-20?;. The molecule has 1 fully saturated rings. The Bertz CT molecular complexity index is 1090. The Morgan fingerprint density at radius 1 is 1.14 bits per heavy atom. The summed E-state index contributed by atoms with van der Waals surface area (Å²) < 4.78 is 38.4. The number of benzene rings is 1. The number of Topliss-reactive ketones (excluding diaryl/α,β-unsaturated/α-hetero) is 1. The number of piperidine rings is 1. The van der Waals surface area contributed by atoms with Gasteiger partial charge < -0.3 is 10.6 Å². The number of rotatable bonds is 4. The number of carbonyl (C=O) groups is 2. The lowest BCUT2D eigenvalue weighted by atomic mass is 9.78. The van der Waals surface area contributed by atoms with E-state index in [-0.39, 0.29) is 30.5 Å². The van der Waals surface area contributed by atoms with Crippen LogP contribution in [0.15, 0.2) is 58.0 Å². The summed E-state index contributed by atoms with van der Waals surface area (Å²) in [6.45, 7) is 10.0. The monoisotopic (exact) mass is 507 g/mol. The number of thiophene rings is 1. The number of allylic oxidation sites excluding steroid dienone is 1. The Labute approximate surface area is 208 Å². The second kappa shape index (κ2) is 11.7. The fourth-order valence-electron chi connectivity index (χ4n) is 3.69. The molecular weight excluding hydrogens is 475 g/mol. The SMILES string of the molecule is CC(=O)/C(N)=C1\CN(C(=O)c2cccs2)CC(C)(C)C1=NCc1ccc(C(F)(F)F)cc1.CCC. The molecule has 0 bridgehead atoms. The summed E-state index contributed by atoms with van der Waals surface area (Å²) in [5, 5.41) is 1.82. The number of likely N-dealkylation sites (tertiary alicyclic amines) is 1. The van der Waals surface area contributed by atoms with Gasteiger partial charge in [-0.3, -0.25) is 14.6 Å². The van der Waals surface area contributed by atoms with Crippen molar-refractivity contribution in [2.75, 3.05) is 13.1 Å². The van der Waals surface area contributed by atoms with Gasteiger partial charge in [0, 0.05) is 36.7 Å². The van der Waals surface area contributed by atoms with Crippen molar-refractivity contribution in [1.82, 2.24) is 4.90 Å². The number of carbonyl (C=O) groups excluding carboxylic acids is 2. The molecular formula is C26H32F3N3O2S. The Hall–Kier alpha value is -2.94. The van der Waals surface area contributed by atoms with Gasteiger partial charge in [-0.15, -0.1) is 11.3 Å². The summed E-state index contributed by atoms with van der Waals surface area (Å²) in [4.78, 5) is 31.9. The van der Waals surface area contributed by atoms with Crippen molar-refractivity contribution in [3.05, 3.63) is 69.1 Å². The van der Waals surface area contributed by atoms with Crippen LogP contribution in [0.25, 0.3) is 0 Å². The lowest BCUT2D eigenvalue weighted by Gasteiger charge is -2.41. The summed E-state index contributed by atoms with van der Waals surface area (Å²) in [6, 6.07) is 8.34. The normalized spacial score (nSPS) is 18.1. The van der Waals surface area contributed by atoms with Crippen LogP contribution in [0.3, 0.4) is 0 Å². The predicted octanol–water partition coefficient (Wildman–Crippen LogP) is 6.11. The fourth-order valence-corrected chi connectivity index (χ4v) is 4.38. The first-order valence-electron chi connectivity index (χ1n) is 11.4. The van der Waals surface area contributed by atoms with Gasteiger partial charge in [0.2, 0.25) is 0 Å². The molecule has 0 unspecified atom stereocenters. The zero-order chi connectivity index (χ0) is 26.4. The molecule has 0 aliphatic carbocycles. The molecule has 190 valence electrons. The molecule has 2 N–H and O–H groups in total. The molecule has 1 saturated heterocycles. The second-order valence-corrected chi connectivity index (χ2v) is 9.99. The van der Waals surface area contributed by atoms with Crippen molar-refractivity contribution in [3.63, 3.8) is 0 Å². The van der Waals surface area contributed by atoms with Crippen LogP contribution in [0, 0.1) is 5.41 Å². The van der Waals surface area contributed by atoms with E-state index in [1.54, 1.807) is 17.0 Å². The molecule has 9 heteroatoms. The Morgan fingerprint density at radius 3 is 2.23 bits per heavy atom. The molecule has 0 spiro atoms. The molecule has 1 aromatic carbocycles. The molecule has 3 rings (SSSR count). The predicted molar refractivity (Wildman–Crippen MR) is 134 cm³/mol. The van der Waals surface area contributed by atoms with Crippen LogP contribution in [-0.4, -0.2) is 35.4 Å². The summed E-state index contributed by atoms with van der Waals surface area (Å²) >= 11 is 1.34. The highest BCUT2D eigenvalue weighted by molar-refractivity contribution is 7.12. The van der Waals surface area contributed by atoms with Crippen LogP contribution in [-0.2, 0) is 17.5 Å². The lowest BCUT2D eigenvalue weighted by molar-refractivity contribution is -0.137. The molecule has 1 aromatic heterocycles. The van der Waals surface area contributed by atoms with Gasteiger partial charge in [-0.05, 0) is 29.1 Å². The number of aliphatic imine (C=N–C) groups is 1. The highest BCUT2D eigenvalue weighted by Gasteiger charge is 2.39. The smallest absolute Gasteiger partial charge is 0.396 e. The minimum atomic E-state index is -4.40. The second-order valence-electron chi connectivity index (χ2n) is 9.04. The summed E-state index contributed by atoms with van der Waals surface area (Å²) in [5.74, 6) is -0.479. The maximum atomic E-state index is 12.9. The van der Waals surface area contributed by atoms with Crippen molar-refractivity contribution in [1.29, 1.82) is 0 Å². The number of alkyl halides is 3. The van der Waals surface area contributed by atoms with Crippen LogP contribution >= 0.6 is 11.3 Å². The first kappa shape index (κ1) is 28.3. The zero-order valence-electron chi connectivity index (χ0n) is 20.7. The Balaban J connectivity index is 0.00000137. The van der Waals surface area contributed by atoms with E-state index in [2.05, 4.69) is 18.8 Å². The highest BCUT2D eigenvalue weighted by atomic mass is 32.1. The number of ketones is 1. The topological polar surface area (TPSA) is 75.8 Å². The minimum absolute atomic E-state index is 0.0351. The molecule has 0 atom stereocenters. The van der Waals surface area contributed by atoms with Crippen molar-refractivity contribution < 1.29 is 22.8 Å². The van der Waals surface area contributed by atoms with E-state index in [4.69, 9.17) is 5.73 Å². The van der Waals surface area contributed by atoms with Gasteiger partial charge in [0.15, 0.2) is 5.78 Å². The molecule has 1 aliphatic rings. The molecule has 2 aromatic rings. The van der Waals surface area contributed by atoms with Gasteiger partial charge in [-0.25, -0.2) is 0 Å². The van der Waals surface area contributed by atoms with E-state index in [9.17, 15) is 22.8 Å². The van der Waals surface area contributed by atoms with Crippen molar-refractivity contribution >= 4 is 28.7 Å². The number of amides is 1. The van der Waals surface area contributed by atoms with Gasteiger partial charge in [0.25, 0.3) is 5.91 Å². The average Bonchev–Trinajstić information content (AvgIpc) is 3.31. The van der Waals surface area contributed by atoms with Gasteiger partial charge >= 0.3 is 6.18 Å². The van der Waals surface area contributed by atoms with Crippen LogP contribution in [0.5, 0.6) is 0 Å². The number of nitrogens with zero attached hydrogens (tertiary/aromatic N) is 2. The Morgan fingerprint density at radius 2 is 1.74 bits per heavy atom. The van der Waals surface area contributed by atoms with E-state index in [1.807, 2.05) is 19.2 Å². The van der Waals surface area contributed by atoms with Gasteiger partial charge in [0.05, 0.1) is 22.7 Å². The summed E-state index contributed by atoms with van der Waals surface area (Å²) in [6.07, 6.45) is -3.15. The fraction of sp³-hybridized carbons (Fsp3) is 0.423. The average molecular weight is 508 g/mol. The summed E-state index contributed by atoms with van der Waals surface area (Å²) in [5.41, 5.74) is 6.46. The number of nitrogens with two attached hydrogens (primary N) is 1. The molecule has 1 amide bonds. The third-order valence-electron chi connectivity index (χ3n) is 5.29. The first-order valence-corrected chi connectivity index (χ1v) is 12.2. The van der Waals surface area contributed by atoms with Crippen molar-refractivity contribution in [3.8, 4) is 0 Å². The quantitative estimate of drug-likeness (QED) is 0.508. The van der Waals surface area contributed by atoms with Gasteiger partial charge in [-0.2, -0.15) is 13.2 Å². The first-order chi connectivity index (χ1) is 16.3. The van der Waals surface area contributed by atoms with Crippen LogP contribution < -0.4 is 5.73 Å². The largest absolute Gasteiger partial charge is 0.416 e. The molecule has 0 saturated carbocycles. The lowest BCUT2D eigenvalue weighted by Crippen LogP contribution is -2.51. The maximum absolute atomic E-state index is 12.9. The van der Waals surface area contributed by atoms with E-state index in [0.717, 1.165) is 12.1 Å². The van der Waals surface area contributed by atoms with Crippen LogP contribution in [0.2, 0.25) is 0 Å². The minimum Gasteiger partial charge on any atom is -0.396 e. The van der Waals surface area contributed by atoms with E-state index < -0.39 is 17.2 Å². The summed E-state index contributed by atoms with van der Waals surface area (Å²) in [7, 11) is 0. The maximum Gasteiger partial charge on any atom is 0.416 e. The van der Waals surface area contributed by atoms with E-state index in [1.165, 1.54) is 36.8 Å². The Kier molecular flexibility index (Phi) is 9.43. The van der Waals surface area contributed by atoms with Gasteiger partial charge in [-0.1, -0.05) is 52.3 Å². The van der Waals surface area contributed by atoms with E-state index in [0.29, 0.717) is 28.3 Å². The molecule has 2 heterocycles. The number of hydrogen-bond acceptors (Lipinski definition) is 5. The van der Waals surface area contributed by atoms with Gasteiger partial charge in [0.1, 0.15) is 0 Å². The molecule has 35 heavy (non-hydrogen) atoms. The van der Waals surface area contributed by atoms with Crippen LogP contribution in [0.4, 0.5) is 13.2 Å². The number of hydrogen-bond donors (Lipinski definition) is 1. The molecule has 5 nitrogen and oxygen atoms in total. The number of halogens is 3. The third kappa shape index (κ3) is 7.27. The third-order valence-corrected chi connectivity index (χ3v) is 6.14. The highest BCUT2D eigenvalue weighted by Crippen LogP contribution is 2.33. The van der Waals surface area contributed by atoms with Crippen molar-refractivity contribution in [2.45, 2.75) is 53.8 Å². The molecule has 1 aliphatic heterocycles. The molecule has 0 radical (unpaired) electrons. The zero-order valence-corrected chi connectivity index (χ0v) is 21.5. The van der Waals surface area contributed by atoms with E-state index >= 15 is 0 Å².